The van der Waals surface area contributed by atoms with Crippen molar-refractivity contribution >= 4 is 11.8 Å². The average Bonchev–Trinajstić information content (AvgIpc) is 2.14. The number of hydrogen-bond donors (Lipinski definition) is 1. The molecule has 0 fully saturated rings. The molecule has 0 saturated heterocycles. The van der Waals surface area contributed by atoms with Crippen molar-refractivity contribution in [3.05, 3.63) is 11.0 Å². The minimum absolute atomic E-state index is 0.757. The van der Waals surface area contributed by atoms with E-state index in [-0.39, 0.29) is 0 Å². The van der Waals surface area contributed by atoms with Crippen LogP contribution in [0.2, 0.25) is 0 Å². The summed E-state index contributed by atoms with van der Waals surface area (Å²) in [5.74, 6) is 1.24. The molecule has 1 aliphatic heterocycles. The Morgan fingerprint density at radius 2 is 2.71 bits per heavy atom. The third kappa shape index (κ3) is 1.21. The Morgan fingerprint density at radius 1 is 1.86 bits per heavy atom. The monoisotopic (exact) mass is 115 g/mol. The van der Waals surface area contributed by atoms with E-state index in [0.29, 0.717) is 0 Å². The minimum Gasteiger partial charge on any atom is -0.327 e. The highest BCUT2D eigenvalue weighted by atomic mass is 32.2. The molecule has 1 heterocycles. The van der Waals surface area contributed by atoms with Gasteiger partial charge in [-0.25, -0.2) is 0 Å². The van der Waals surface area contributed by atoms with Gasteiger partial charge in [-0.2, -0.15) is 0 Å². The largest absolute Gasteiger partial charge is 0.327 e. The van der Waals surface area contributed by atoms with E-state index < -0.39 is 0 Å². The maximum atomic E-state index is 5.35. The van der Waals surface area contributed by atoms with Crippen molar-refractivity contribution in [2.45, 2.75) is 6.42 Å². The molecule has 0 saturated carbocycles. The van der Waals surface area contributed by atoms with Gasteiger partial charge in [0.2, 0.25) is 0 Å². The fraction of sp³-hybridized carbons (Fsp3) is 0.600. The average molecular weight is 115 g/mol. The van der Waals surface area contributed by atoms with Crippen LogP contribution in [0.5, 0.6) is 0 Å². The quantitative estimate of drug-likeness (QED) is 0.551. The summed E-state index contributed by atoms with van der Waals surface area (Å²) >= 11 is 1.86. The van der Waals surface area contributed by atoms with Crippen LogP contribution in [0.15, 0.2) is 11.0 Å². The maximum absolute atomic E-state index is 5.35. The summed E-state index contributed by atoms with van der Waals surface area (Å²) in [6.45, 7) is 0.757. The van der Waals surface area contributed by atoms with E-state index in [1.807, 2.05) is 11.8 Å². The highest BCUT2D eigenvalue weighted by molar-refractivity contribution is 8.02. The van der Waals surface area contributed by atoms with E-state index in [0.717, 1.165) is 6.54 Å². The highest BCUT2D eigenvalue weighted by Gasteiger charge is 2.00. The lowest BCUT2D eigenvalue weighted by atomic mass is 10.2. The third-order valence-corrected chi connectivity index (χ3v) is 1.99. The molecule has 0 aliphatic carbocycles. The molecule has 0 atom stereocenters. The summed E-state index contributed by atoms with van der Waals surface area (Å²) in [4.78, 5) is 0. The summed E-state index contributed by atoms with van der Waals surface area (Å²) in [5, 5.41) is 2.17. The van der Waals surface area contributed by atoms with E-state index in [1.165, 1.54) is 17.7 Å². The van der Waals surface area contributed by atoms with Crippen LogP contribution in [0.25, 0.3) is 0 Å². The van der Waals surface area contributed by atoms with Crippen LogP contribution < -0.4 is 5.73 Å². The van der Waals surface area contributed by atoms with Gasteiger partial charge in [0.05, 0.1) is 0 Å². The molecule has 0 amide bonds. The predicted octanol–water partition coefficient (Wildman–Crippen LogP) is 0.966. The normalized spacial score (nSPS) is 19.9. The van der Waals surface area contributed by atoms with Crippen molar-refractivity contribution in [3.63, 3.8) is 0 Å². The molecule has 1 rings (SSSR count). The molecule has 0 spiro atoms. The van der Waals surface area contributed by atoms with Crippen molar-refractivity contribution in [2.24, 2.45) is 5.73 Å². The zero-order valence-electron chi connectivity index (χ0n) is 4.18. The van der Waals surface area contributed by atoms with Gasteiger partial charge >= 0.3 is 0 Å². The first kappa shape index (κ1) is 5.19. The van der Waals surface area contributed by atoms with E-state index in [1.54, 1.807) is 0 Å². The Balaban J connectivity index is 2.36. The van der Waals surface area contributed by atoms with Crippen LogP contribution in [0.3, 0.4) is 0 Å². The van der Waals surface area contributed by atoms with Gasteiger partial charge in [-0.05, 0) is 17.4 Å². The molecular weight excluding hydrogens is 106 g/mol. The third-order valence-electron chi connectivity index (χ3n) is 1.05. The van der Waals surface area contributed by atoms with Crippen molar-refractivity contribution in [3.8, 4) is 0 Å². The fourth-order valence-electron chi connectivity index (χ4n) is 0.576. The summed E-state index contributed by atoms with van der Waals surface area (Å²) in [6.07, 6.45) is 1.21. The van der Waals surface area contributed by atoms with E-state index >= 15 is 0 Å². The van der Waals surface area contributed by atoms with Crippen LogP contribution >= 0.6 is 11.8 Å². The van der Waals surface area contributed by atoms with Crippen LogP contribution in [-0.2, 0) is 0 Å². The lowest BCUT2D eigenvalue weighted by Gasteiger charge is -1.88. The van der Waals surface area contributed by atoms with Crippen molar-refractivity contribution in [1.29, 1.82) is 0 Å². The van der Waals surface area contributed by atoms with Gasteiger partial charge in [-0.15, -0.1) is 11.8 Å². The Labute approximate surface area is 48.0 Å². The smallest absolute Gasteiger partial charge is 0.0145 e. The van der Waals surface area contributed by atoms with Crippen LogP contribution in [0.1, 0.15) is 6.42 Å². The molecule has 0 unspecified atom stereocenters. The van der Waals surface area contributed by atoms with Crippen molar-refractivity contribution in [1.82, 2.24) is 0 Å². The zero-order chi connectivity index (χ0) is 5.11. The van der Waals surface area contributed by atoms with Gasteiger partial charge in [0.15, 0.2) is 0 Å². The molecule has 0 bridgehead atoms. The molecule has 40 valence electrons. The van der Waals surface area contributed by atoms with Gasteiger partial charge in [-0.1, -0.05) is 0 Å². The summed E-state index contributed by atoms with van der Waals surface area (Å²) in [5.41, 5.74) is 6.76. The number of thioether (sulfide) groups is 1. The first-order valence-electron chi connectivity index (χ1n) is 2.43. The van der Waals surface area contributed by atoms with Gasteiger partial charge in [-0.3, -0.25) is 0 Å². The molecule has 0 aromatic heterocycles. The molecule has 1 nitrogen and oxygen atoms in total. The second-order valence-corrected chi connectivity index (χ2v) is 2.58. The molecule has 0 aromatic carbocycles. The highest BCUT2D eigenvalue weighted by Crippen LogP contribution is 2.19. The van der Waals surface area contributed by atoms with Gasteiger partial charge in [0.25, 0.3) is 0 Å². The van der Waals surface area contributed by atoms with Gasteiger partial charge in [0, 0.05) is 12.3 Å². The molecule has 0 radical (unpaired) electrons. The summed E-state index contributed by atoms with van der Waals surface area (Å²) in [6, 6.07) is 0. The standard InChI is InChI=1S/C5H9NS/c6-3-5-1-2-7-4-5/h4H,1-3,6H2. The van der Waals surface area contributed by atoms with E-state index in [4.69, 9.17) is 5.73 Å². The molecular formula is C5H9NS. The van der Waals surface area contributed by atoms with Gasteiger partial charge in [0.1, 0.15) is 0 Å². The lowest BCUT2D eigenvalue weighted by molar-refractivity contribution is 1.04. The SMILES string of the molecule is NCC1=CSCC1. The molecule has 2 heteroatoms. The first-order chi connectivity index (χ1) is 3.43. The lowest BCUT2D eigenvalue weighted by Crippen LogP contribution is -2.00. The second-order valence-electron chi connectivity index (χ2n) is 1.60. The molecule has 2 N–H and O–H groups in total. The topological polar surface area (TPSA) is 26.0 Å². The van der Waals surface area contributed by atoms with Crippen molar-refractivity contribution in [2.75, 3.05) is 12.3 Å². The molecule has 7 heavy (non-hydrogen) atoms. The van der Waals surface area contributed by atoms with Crippen molar-refractivity contribution < 1.29 is 0 Å². The van der Waals surface area contributed by atoms with Crippen LogP contribution in [0.4, 0.5) is 0 Å². The fourth-order valence-corrected chi connectivity index (χ4v) is 1.52. The first-order valence-corrected chi connectivity index (χ1v) is 3.48. The Bertz CT molecular complexity index is 88.1. The van der Waals surface area contributed by atoms with Crippen LogP contribution in [-0.4, -0.2) is 12.3 Å². The van der Waals surface area contributed by atoms with E-state index in [9.17, 15) is 0 Å². The Morgan fingerprint density at radius 3 is 3.00 bits per heavy atom. The van der Waals surface area contributed by atoms with Crippen LogP contribution in [0, 0.1) is 0 Å². The summed E-state index contributed by atoms with van der Waals surface area (Å²) < 4.78 is 0. The second kappa shape index (κ2) is 2.38. The number of nitrogens with two attached hydrogens (primary N) is 1. The number of rotatable bonds is 1. The minimum atomic E-state index is 0.757. The Kier molecular flexibility index (Phi) is 1.77. The zero-order valence-corrected chi connectivity index (χ0v) is 5.00. The van der Waals surface area contributed by atoms with Gasteiger partial charge < -0.3 is 5.73 Å². The predicted molar refractivity (Wildman–Crippen MR) is 34.2 cm³/mol. The number of hydrogen-bond acceptors (Lipinski definition) is 2. The molecule has 0 aromatic rings. The van der Waals surface area contributed by atoms with E-state index in [2.05, 4.69) is 5.41 Å². The molecule has 1 aliphatic rings. The maximum Gasteiger partial charge on any atom is 0.0145 e. The summed E-state index contributed by atoms with van der Waals surface area (Å²) in [7, 11) is 0. The Hall–Kier alpha value is 0.0500.